The summed E-state index contributed by atoms with van der Waals surface area (Å²) in [6.07, 6.45) is -2.08. The summed E-state index contributed by atoms with van der Waals surface area (Å²) in [4.78, 5) is 8.44. The maximum Gasteiger partial charge on any atom is 1.00 e. The van der Waals surface area contributed by atoms with Crippen molar-refractivity contribution in [3.8, 4) is 0 Å². The van der Waals surface area contributed by atoms with Crippen LogP contribution in [0.5, 0.6) is 0 Å². The first-order chi connectivity index (χ1) is 1.73. The smallest absolute Gasteiger partial charge is 0.870 e. The fraction of sp³-hybridized carbons (Fsp3) is 0. The molecule has 0 rings (SSSR count). The Labute approximate surface area is 126 Å². The molecule has 0 aliphatic heterocycles. The van der Waals surface area contributed by atoms with Gasteiger partial charge in [0.2, 0.25) is 6.16 Å². The van der Waals surface area contributed by atoms with E-state index < -0.39 is 6.16 Å². The van der Waals surface area contributed by atoms with Crippen LogP contribution in [0.15, 0.2) is 0 Å². The Kier molecular flexibility index (Phi) is 144. The van der Waals surface area contributed by atoms with Crippen LogP contribution < -0.4 is 93.8 Å². The molecule has 0 aromatic rings. The summed E-state index contributed by atoms with van der Waals surface area (Å²) >= 11 is 0. The van der Waals surface area contributed by atoms with Gasteiger partial charge in [-0.05, 0) is 0 Å². The molecule has 0 radical (unpaired) electrons. The van der Waals surface area contributed by atoms with Crippen molar-refractivity contribution in [2.75, 3.05) is 0 Å². The average molecular weight is 180 g/mol. The number of thiol groups is 1. The Balaban J connectivity index is -0.00000000450. The monoisotopic (exact) mass is 180 g/mol. The van der Waals surface area contributed by atoms with Gasteiger partial charge in [-0.2, -0.15) is 0 Å². The van der Waals surface area contributed by atoms with Gasteiger partial charge < -0.3 is 34.0 Å². The van der Waals surface area contributed by atoms with Crippen molar-refractivity contribution in [3.63, 3.8) is 0 Å². The second-order valence-corrected chi connectivity index (χ2v) is 0.266. The predicted molar refractivity (Wildman–Crippen MR) is 18.7 cm³/mol. The standard InChI is InChI=1S/CH2O3.3Na.H2O.H2S/c2-1(3)4;;;;;/h(H2,2,3,4);;;;2*1H2/q;3*+1;;/p-3. The summed E-state index contributed by atoms with van der Waals surface area (Å²) in [5.41, 5.74) is 0. The summed E-state index contributed by atoms with van der Waals surface area (Å²) in [6, 6.07) is 0. The molecule has 0 saturated heterocycles. The number of hydrogen-bond acceptors (Lipinski definition) is 4. The predicted octanol–water partition coefficient (Wildman–Crippen LogP) is -10.5. The van der Waals surface area contributed by atoms with Gasteiger partial charge in [-0.25, -0.2) is 0 Å². The summed E-state index contributed by atoms with van der Waals surface area (Å²) in [5.74, 6) is 0. The molecule has 0 atom stereocenters. The van der Waals surface area contributed by atoms with Crippen molar-refractivity contribution in [1.82, 2.24) is 0 Å². The minimum absolute atomic E-state index is 0. The van der Waals surface area contributed by atoms with Gasteiger partial charge in [0.15, 0.2) is 0 Å². The first kappa shape index (κ1) is 41.6. The van der Waals surface area contributed by atoms with Crippen molar-refractivity contribution < 1.29 is 109 Å². The normalized spacial score (nSPS) is 2.67. The molecule has 0 aromatic heterocycles. The van der Waals surface area contributed by atoms with Crippen LogP contribution >= 0.6 is 0 Å². The third-order valence-electron chi connectivity index (χ3n) is 0. The van der Waals surface area contributed by atoms with E-state index in [4.69, 9.17) is 15.0 Å². The van der Waals surface area contributed by atoms with E-state index in [0.29, 0.717) is 0 Å². The van der Waals surface area contributed by atoms with Crippen LogP contribution in [0.2, 0.25) is 0 Å². The third kappa shape index (κ3) is 117. The molecule has 4 nitrogen and oxygen atoms in total. The van der Waals surface area contributed by atoms with Crippen LogP contribution in [-0.4, -0.2) is 16.7 Å². The minimum Gasteiger partial charge on any atom is -0.870 e. The zero-order chi connectivity index (χ0) is 3.58. The number of carbonyl (C=O) groups is 1. The first-order valence-electron chi connectivity index (χ1n) is 0.632. The molecule has 0 amide bonds. The second kappa shape index (κ2) is 31.2. The van der Waals surface area contributed by atoms with E-state index in [9.17, 15) is 0 Å². The van der Waals surface area contributed by atoms with Gasteiger partial charge in [0.1, 0.15) is 0 Å². The molecule has 0 aliphatic carbocycles. The molecule has 0 fully saturated rings. The molecule has 40 valence electrons. The molecule has 0 heterocycles. The fourth-order valence-corrected chi connectivity index (χ4v) is 0. The van der Waals surface area contributed by atoms with Crippen molar-refractivity contribution in [2.24, 2.45) is 0 Å². The van der Waals surface area contributed by atoms with E-state index in [1.807, 2.05) is 0 Å². The number of hydrogen-bond donors (Lipinski definition) is 1. The fourth-order valence-electron chi connectivity index (χ4n) is 0. The Hall–Kier alpha value is 2.58. The second-order valence-electron chi connectivity index (χ2n) is 0.266. The Morgan fingerprint density at radius 1 is 1.22 bits per heavy atom. The van der Waals surface area contributed by atoms with Gasteiger partial charge in [-0.3, -0.25) is 0 Å². The molecule has 0 unspecified atom stereocenters. The SMILES string of the molecule is O=C([O-])O.[Na+].[Na+].[Na+].[OH-].[SH-]. The van der Waals surface area contributed by atoms with Gasteiger partial charge >= 0.3 is 88.7 Å². The maximum absolute atomic E-state index is 8.44. The van der Waals surface area contributed by atoms with Crippen molar-refractivity contribution in [1.29, 1.82) is 0 Å². The maximum atomic E-state index is 8.44. The molecule has 0 bridgehead atoms. The van der Waals surface area contributed by atoms with Crippen LogP contribution in [0.4, 0.5) is 4.79 Å². The zero-order valence-corrected chi connectivity index (χ0v) is 12.6. The molecule has 0 saturated carbocycles. The van der Waals surface area contributed by atoms with Crippen molar-refractivity contribution in [2.45, 2.75) is 0 Å². The molecule has 2 N–H and O–H groups in total. The van der Waals surface area contributed by atoms with Gasteiger partial charge in [0.05, 0.1) is 0 Å². The molecule has 0 aliphatic rings. The van der Waals surface area contributed by atoms with E-state index in [1.165, 1.54) is 0 Å². The molecular formula is CH3Na3O4S. The van der Waals surface area contributed by atoms with E-state index in [1.54, 1.807) is 0 Å². The number of rotatable bonds is 0. The van der Waals surface area contributed by atoms with Crippen LogP contribution in [-0.2, 0) is 13.5 Å². The minimum atomic E-state index is -2.08. The molecule has 8 heteroatoms. The van der Waals surface area contributed by atoms with E-state index in [-0.39, 0.29) is 108 Å². The Bertz CT molecular complexity index is 38.8. The van der Waals surface area contributed by atoms with Gasteiger partial charge in [0.25, 0.3) is 0 Å². The first-order valence-corrected chi connectivity index (χ1v) is 0.632. The summed E-state index contributed by atoms with van der Waals surface area (Å²) in [7, 11) is 0. The Morgan fingerprint density at radius 3 is 1.22 bits per heavy atom. The van der Waals surface area contributed by atoms with Crippen molar-refractivity contribution >= 4 is 19.7 Å². The molecule has 0 aromatic carbocycles. The third-order valence-corrected chi connectivity index (χ3v) is 0. The average Bonchev–Trinajstić information content (AvgIpc) is 0.811. The topological polar surface area (TPSA) is 90.4 Å². The summed E-state index contributed by atoms with van der Waals surface area (Å²) in [6.45, 7) is 0. The Morgan fingerprint density at radius 2 is 1.22 bits per heavy atom. The van der Waals surface area contributed by atoms with E-state index in [0.717, 1.165) is 0 Å². The molecule has 9 heavy (non-hydrogen) atoms. The largest absolute Gasteiger partial charge is 1.00 e. The van der Waals surface area contributed by atoms with Crippen LogP contribution in [0, 0.1) is 0 Å². The van der Waals surface area contributed by atoms with Crippen molar-refractivity contribution in [3.05, 3.63) is 0 Å². The molecular weight excluding hydrogens is 177 g/mol. The van der Waals surface area contributed by atoms with Crippen LogP contribution in [0.3, 0.4) is 0 Å². The van der Waals surface area contributed by atoms with Gasteiger partial charge in [-0.1, -0.05) is 0 Å². The van der Waals surface area contributed by atoms with Gasteiger partial charge in [-0.15, -0.1) is 0 Å². The number of carboxylic acid groups (broad SMARTS) is 2. The summed E-state index contributed by atoms with van der Waals surface area (Å²) < 4.78 is 0. The van der Waals surface area contributed by atoms with E-state index in [2.05, 4.69) is 0 Å². The van der Waals surface area contributed by atoms with Gasteiger partial charge in [0, 0.05) is 0 Å². The van der Waals surface area contributed by atoms with E-state index >= 15 is 0 Å². The van der Waals surface area contributed by atoms with Crippen LogP contribution in [0.1, 0.15) is 0 Å². The zero-order valence-electron chi connectivity index (χ0n) is 5.66. The quantitative estimate of drug-likeness (QED) is 0.227. The van der Waals surface area contributed by atoms with Crippen LogP contribution in [0.25, 0.3) is 0 Å². The molecule has 0 spiro atoms. The summed E-state index contributed by atoms with van der Waals surface area (Å²) in [5, 5.41) is 15.3.